The van der Waals surface area contributed by atoms with E-state index in [1.165, 1.54) is 0 Å². The van der Waals surface area contributed by atoms with Gasteiger partial charge in [0.2, 0.25) is 0 Å². The highest BCUT2D eigenvalue weighted by atomic mass is 35.5. The van der Waals surface area contributed by atoms with Crippen LogP contribution in [0, 0.1) is 6.92 Å². The second-order valence-electron chi connectivity index (χ2n) is 5.85. The van der Waals surface area contributed by atoms with Gasteiger partial charge in [0.1, 0.15) is 11.4 Å². The Bertz CT molecular complexity index is 752. The number of rotatable bonds is 4. The number of amides is 2. The number of piperazine rings is 1. The summed E-state index contributed by atoms with van der Waals surface area (Å²) in [6.45, 7) is 3.75. The van der Waals surface area contributed by atoms with Crippen LogP contribution < -0.4 is 4.74 Å². The summed E-state index contributed by atoms with van der Waals surface area (Å²) in [5.41, 5.74) is 1.25. The molecule has 1 aromatic carbocycles. The Hall–Kier alpha value is -2.54. The summed E-state index contributed by atoms with van der Waals surface area (Å²) in [5, 5.41) is 7.37. The number of H-pyrrole nitrogens is 1. The molecule has 1 aliphatic heterocycles. The number of nitrogens with zero attached hydrogens (tertiary/aromatic N) is 3. The summed E-state index contributed by atoms with van der Waals surface area (Å²) in [7, 11) is 0. The normalized spacial score (nSPS) is 14.5. The molecule has 132 valence electrons. The second-order valence-corrected chi connectivity index (χ2v) is 6.29. The lowest BCUT2D eigenvalue weighted by Gasteiger charge is -2.34. The van der Waals surface area contributed by atoms with Gasteiger partial charge in [-0.25, -0.2) is 0 Å². The minimum Gasteiger partial charge on any atom is -0.484 e. The molecule has 1 aliphatic rings. The van der Waals surface area contributed by atoms with Crippen LogP contribution in [-0.4, -0.2) is 64.6 Å². The zero-order chi connectivity index (χ0) is 17.8. The van der Waals surface area contributed by atoms with Crippen molar-refractivity contribution in [1.29, 1.82) is 0 Å². The molecule has 8 heteroatoms. The number of hydrogen-bond acceptors (Lipinski definition) is 4. The highest BCUT2D eigenvalue weighted by Gasteiger charge is 2.26. The van der Waals surface area contributed by atoms with Gasteiger partial charge in [0.05, 0.1) is 0 Å². The summed E-state index contributed by atoms with van der Waals surface area (Å²) >= 11 is 5.81. The zero-order valence-electron chi connectivity index (χ0n) is 13.9. The lowest BCUT2D eigenvalue weighted by molar-refractivity contribution is -0.134. The summed E-state index contributed by atoms with van der Waals surface area (Å²) in [6.07, 6.45) is 0. The van der Waals surface area contributed by atoms with Crippen molar-refractivity contribution in [1.82, 2.24) is 20.0 Å². The van der Waals surface area contributed by atoms with Crippen molar-refractivity contribution in [2.45, 2.75) is 6.92 Å². The largest absolute Gasteiger partial charge is 0.484 e. The van der Waals surface area contributed by atoms with Crippen molar-refractivity contribution in [3.63, 3.8) is 0 Å². The Balaban J connectivity index is 1.47. The molecule has 0 aliphatic carbocycles. The van der Waals surface area contributed by atoms with Gasteiger partial charge in [-0.3, -0.25) is 14.7 Å². The SMILES string of the molecule is Cc1cc(C(=O)N2CCN(C(=O)COc3ccc(Cl)cc3)CC2)n[nH]1. The van der Waals surface area contributed by atoms with E-state index >= 15 is 0 Å². The minimum atomic E-state index is -0.117. The maximum Gasteiger partial charge on any atom is 0.274 e. The molecule has 1 saturated heterocycles. The maximum atomic E-state index is 12.3. The highest BCUT2D eigenvalue weighted by Crippen LogP contribution is 2.16. The van der Waals surface area contributed by atoms with E-state index in [2.05, 4.69) is 10.2 Å². The Kier molecular flexibility index (Phi) is 5.23. The number of halogens is 1. The first-order valence-electron chi connectivity index (χ1n) is 8.00. The fraction of sp³-hybridized carbons (Fsp3) is 0.353. The van der Waals surface area contributed by atoms with Gasteiger partial charge in [-0.1, -0.05) is 11.6 Å². The van der Waals surface area contributed by atoms with Gasteiger partial charge >= 0.3 is 0 Å². The van der Waals surface area contributed by atoms with E-state index in [0.29, 0.717) is 42.6 Å². The van der Waals surface area contributed by atoms with Gasteiger partial charge in [0, 0.05) is 36.9 Å². The average Bonchev–Trinajstić information content (AvgIpc) is 3.07. The topological polar surface area (TPSA) is 78.5 Å². The molecule has 25 heavy (non-hydrogen) atoms. The number of benzene rings is 1. The molecule has 0 atom stereocenters. The molecule has 0 unspecified atom stereocenters. The number of ether oxygens (including phenoxy) is 1. The maximum absolute atomic E-state index is 12.3. The summed E-state index contributed by atoms with van der Waals surface area (Å²) in [5.74, 6) is 0.381. The van der Waals surface area contributed by atoms with Gasteiger partial charge < -0.3 is 14.5 Å². The molecule has 0 radical (unpaired) electrons. The summed E-state index contributed by atoms with van der Waals surface area (Å²) < 4.78 is 5.48. The molecule has 0 saturated carbocycles. The van der Waals surface area contributed by atoms with Crippen LogP contribution in [0.5, 0.6) is 5.75 Å². The number of carbonyl (C=O) groups excluding carboxylic acids is 2. The molecule has 3 rings (SSSR count). The summed E-state index contributed by atoms with van der Waals surface area (Å²) in [4.78, 5) is 28.0. The third-order valence-corrected chi connectivity index (χ3v) is 4.27. The van der Waals surface area contributed by atoms with Crippen LogP contribution in [0.4, 0.5) is 0 Å². The first kappa shape index (κ1) is 17.3. The van der Waals surface area contributed by atoms with Gasteiger partial charge in [-0.2, -0.15) is 5.10 Å². The van der Waals surface area contributed by atoms with Crippen molar-refractivity contribution in [2.24, 2.45) is 0 Å². The molecule has 2 aromatic rings. The molecule has 1 aromatic heterocycles. The fourth-order valence-corrected chi connectivity index (χ4v) is 2.74. The lowest BCUT2D eigenvalue weighted by Crippen LogP contribution is -2.51. The van der Waals surface area contributed by atoms with Crippen molar-refractivity contribution in [3.05, 3.63) is 46.7 Å². The monoisotopic (exact) mass is 362 g/mol. The van der Waals surface area contributed by atoms with E-state index in [1.807, 2.05) is 6.92 Å². The molecule has 0 bridgehead atoms. The zero-order valence-corrected chi connectivity index (χ0v) is 14.6. The van der Waals surface area contributed by atoms with E-state index in [0.717, 1.165) is 5.69 Å². The van der Waals surface area contributed by atoms with E-state index in [4.69, 9.17) is 16.3 Å². The minimum absolute atomic E-state index is 0.0336. The predicted molar refractivity (Wildman–Crippen MR) is 92.8 cm³/mol. The van der Waals surface area contributed by atoms with Gasteiger partial charge in [-0.15, -0.1) is 0 Å². The third-order valence-electron chi connectivity index (χ3n) is 4.02. The molecule has 0 spiro atoms. The molecule has 2 amide bonds. The van der Waals surface area contributed by atoms with Gasteiger partial charge in [0.25, 0.3) is 11.8 Å². The second kappa shape index (κ2) is 7.57. The van der Waals surface area contributed by atoms with Crippen molar-refractivity contribution in [2.75, 3.05) is 32.8 Å². The smallest absolute Gasteiger partial charge is 0.274 e. The Labute approximate surface area is 150 Å². The quantitative estimate of drug-likeness (QED) is 0.898. The van der Waals surface area contributed by atoms with Gasteiger partial charge in [-0.05, 0) is 37.3 Å². The number of aromatic amines is 1. The van der Waals surface area contributed by atoms with Crippen LogP contribution in [0.25, 0.3) is 0 Å². The van der Waals surface area contributed by atoms with Crippen molar-refractivity contribution >= 4 is 23.4 Å². The van der Waals surface area contributed by atoms with Crippen LogP contribution >= 0.6 is 11.6 Å². The van der Waals surface area contributed by atoms with Crippen LogP contribution in [-0.2, 0) is 4.79 Å². The number of nitrogens with one attached hydrogen (secondary N) is 1. The Morgan fingerprint density at radius 1 is 1.16 bits per heavy atom. The van der Waals surface area contributed by atoms with E-state index in [1.54, 1.807) is 40.1 Å². The predicted octanol–water partition coefficient (Wildman–Crippen LogP) is 1.73. The van der Waals surface area contributed by atoms with E-state index < -0.39 is 0 Å². The van der Waals surface area contributed by atoms with Crippen LogP contribution in [0.1, 0.15) is 16.2 Å². The fourth-order valence-electron chi connectivity index (χ4n) is 2.62. The molecule has 1 N–H and O–H groups in total. The Morgan fingerprint density at radius 3 is 2.40 bits per heavy atom. The Morgan fingerprint density at radius 2 is 1.80 bits per heavy atom. The molecular formula is C17H19ClN4O3. The van der Waals surface area contributed by atoms with Gasteiger partial charge in [0.15, 0.2) is 6.61 Å². The van der Waals surface area contributed by atoms with Crippen molar-refractivity contribution in [3.8, 4) is 5.75 Å². The average molecular weight is 363 g/mol. The number of carbonyl (C=O) groups is 2. The standard InChI is InChI=1S/C17H19ClN4O3/c1-12-10-15(20-19-12)17(24)22-8-6-21(7-9-22)16(23)11-25-14-4-2-13(18)3-5-14/h2-5,10H,6-9,11H2,1H3,(H,19,20). The number of aromatic nitrogens is 2. The number of hydrogen-bond donors (Lipinski definition) is 1. The van der Waals surface area contributed by atoms with Crippen molar-refractivity contribution < 1.29 is 14.3 Å². The third kappa shape index (κ3) is 4.30. The highest BCUT2D eigenvalue weighted by molar-refractivity contribution is 6.30. The van der Waals surface area contributed by atoms with E-state index in [9.17, 15) is 9.59 Å². The molecular weight excluding hydrogens is 344 g/mol. The first-order chi connectivity index (χ1) is 12.0. The van der Waals surface area contributed by atoms with E-state index in [-0.39, 0.29) is 18.4 Å². The lowest BCUT2D eigenvalue weighted by atomic mass is 10.2. The van der Waals surface area contributed by atoms with Crippen LogP contribution in [0.15, 0.2) is 30.3 Å². The first-order valence-corrected chi connectivity index (χ1v) is 8.38. The molecule has 2 heterocycles. The number of aryl methyl sites for hydroxylation is 1. The molecule has 7 nitrogen and oxygen atoms in total. The summed E-state index contributed by atoms with van der Waals surface area (Å²) in [6, 6.07) is 8.58. The molecule has 1 fully saturated rings. The van der Waals surface area contributed by atoms with Crippen LogP contribution in [0.2, 0.25) is 5.02 Å². The van der Waals surface area contributed by atoms with Crippen LogP contribution in [0.3, 0.4) is 0 Å².